The van der Waals surface area contributed by atoms with Gasteiger partial charge >= 0.3 is 0 Å². The molecule has 0 unspecified atom stereocenters. The molecule has 0 radical (unpaired) electrons. The molecule has 2 N–H and O–H groups in total. The Morgan fingerprint density at radius 3 is 2.57 bits per heavy atom. The highest BCUT2D eigenvalue weighted by molar-refractivity contribution is 5.88. The minimum atomic E-state index is -1.35. The maximum absolute atomic E-state index is 11.5. The van der Waals surface area contributed by atoms with Gasteiger partial charge in [0.05, 0.1) is 0 Å². The van der Waals surface area contributed by atoms with E-state index in [2.05, 4.69) is 5.32 Å². The first-order valence-corrected chi connectivity index (χ1v) is 4.72. The topological polar surface area (TPSA) is 49.3 Å². The predicted octanol–water partition coefficient (Wildman–Crippen LogP) is 0.640. The van der Waals surface area contributed by atoms with E-state index in [9.17, 15) is 9.90 Å². The Hall–Kier alpha value is -1.35. The van der Waals surface area contributed by atoms with Crippen LogP contribution in [-0.2, 0) is 10.4 Å². The Morgan fingerprint density at radius 1 is 1.43 bits per heavy atom. The number of benzene rings is 1. The first-order valence-electron chi connectivity index (χ1n) is 4.72. The number of carbonyl (C=O) groups excluding carboxylic acids is 1. The summed E-state index contributed by atoms with van der Waals surface area (Å²) in [6.07, 6.45) is 0. The molecule has 2 atom stereocenters. The molecule has 0 saturated carbocycles. The molecule has 3 heteroatoms. The van der Waals surface area contributed by atoms with E-state index in [1.807, 2.05) is 25.1 Å². The Bertz CT molecular complexity index is 350. The fourth-order valence-electron chi connectivity index (χ4n) is 1.86. The number of hydrogen-bond donors (Lipinski definition) is 2. The second-order valence-corrected chi connectivity index (χ2v) is 3.74. The summed E-state index contributed by atoms with van der Waals surface area (Å²) in [5.74, 6) is -0.381. The fraction of sp³-hybridized carbons (Fsp3) is 0.364. The Kier molecular flexibility index (Phi) is 2.04. The smallest absolute Gasteiger partial charge is 0.256 e. The summed E-state index contributed by atoms with van der Waals surface area (Å²) in [7, 11) is 0. The minimum absolute atomic E-state index is 0.0857. The summed E-state index contributed by atoms with van der Waals surface area (Å²) >= 11 is 0. The van der Waals surface area contributed by atoms with Crippen molar-refractivity contribution < 1.29 is 9.90 Å². The van der Waals surface area contributed by atoms with Gasteiger partial charge in [0.2, 0.25) is 0 Å². The molecule has 1 fully saturated rings. The highest BCUT2D eigenvalue weighted by Gasteiger charge is 2.47. The molecule has 1 aliphatic rings. The lowest BCUT2D eigenvalue weighted by Crippen LogP contribution is -2.38. The quantitative estimate of drug-likeness (QED) is 0.684. The number of amides is 1. The third-order valence-corrected chi connectivity index (χ3v) is 2.84. The van der Waals surface area contributed by atoms with Gasteiger partial charge in [-0.2, -0.15) is 0 Å². The summed E-state index contributed by atoms with van der Waals surface area (Å²) in [5.41, 5.74) is -0.677. The van der Waals surface area contributed by atoms with Crippen LogP contribution in [0.4, 0.5) is 0 Å². The van der Waals surface area contributed by atoms with E-state index in [1.54, 1.807) is 12.1 Å². The predicted molar refractivity (Wildman–Crippen MR) is 52.5 cm³/mol. The van der Waals surface area contributed by atoms with Crippen molar-refractivity contribution in [3.63, 3.8) is 0 Å². The average Bonchev–Trinajstić information content (AvgIpc) is 2.49. The number of carbonyl (C=O) groups is 1. The zero-order valence-corrected chi connectivity index (χ0v) is 8.03. The monoisotopic (exact) mass is 191 g/mol. The molecule has 0 bridgehead atoms. The van der Waals surface area contributed by atoms with Crippen LogP contribution in [-0.4, -0.2) is 17.6 Å². The van der Waals surface area contributed by atoms with Crippen LogP contribution in [0.3, 0.4) is 0 Å². The van der Waals surface area contributed by atoms with Crippen LogP contribution in [0.25, 0.3) is 0 Å². The zero-order valence-electron chi connectivity index (χ0n) is 8.03. The molecule has 1 aromatic carbocycles. The molecule has 0 aliphatic carbocycles. The second kappa shape index (κ2) is 3.10. The van der Waals surface area contributed by atoms with E-state index < -0.39 is 5.60 Å². The van der Waals surface area contributed by atoms with Crippen LogP contribution < -0.4 is 5.32 Å². The van der Waals surface area contributed by atoms with Crippen molar-refractivity contribution in [2.24, 2.45) is 5.92 Å². The van der Waals surface area contributed by atoms with Gasteiger partial charge in [-0.15, -0.1) is 0 Å². The van der Waals surface area contributed by atoms with Crippen LogP contribution in [0.2, 0.25) is 0 Å². The van der Waals surface area contributed by atoms with Gasteiger partial charge in [-0.1, -0.05) is 37.3 Å². The lowest BCUT2D eigenvalue weighted by molar-refractivity contribution is -0.138. The van der Waals surface area contributed by atoms with E-state index in [-0.39, 0.29) is 11.8 Å². The molecule has 3 nitrogen and oxygen atoms in total. The lowest BCUT2D eigenvalue weighted by Gasteiger charge is -2.24. The van der Waals surface area contributed by atoms with E-state index in [0.717, 1.165) is 0 Å². The van der Waals surface area contributed by atoms with Crippen LogP contribution in [0.15, 0.2) is 30.3 Å². The summed E-state index contributed by atoms with van der Waals surface area (Å²) < 4.78 is 0. The maximum atomic E-state index is 11.5. The summed E-state index contributed by atoms with van der Waals surface area (Å²) in [5, 5.41) is 13.0. The first kappa shape index (κ1) is 9.21. The summed E-state index contributed by atoms with van der Waals surface area (Å²) in [4.78, 5) is 11.5. The molecule has 1 aromatic rings. The van der Waals surface area contributed by atoms with Crippen molar-refractivity contribution in [2.45, 2.75) is 12.5 Å². The number of aliphatic hydroxyl groups is 1. The largest absolute Gasteiger partial charge is 0.375 e. The van der Waals surface area contributed by atoms with Gasteiger partial charge in [-0.25, -0.2) is 0 Å². The Morgan fingerprint density at radius 2 is 2.07 bits per heavy atom. The molecule has 0 spiro atoms. The molecule has 1 saturated heterocycles. The fourth-order valence-corrected chi connectivity index (χ4v) is 1.86. The third kappa shape index (κ3) is 1.13. The van der Waals surface area contributed by atoms with Gasteiger partial charge < -0.3 is 10.4 Å². The van der Waals surface area contributed by atoms with Gasteiger partial charge in [0.15, 0.2) is 5.60 Å². The first-order chi connectivity index (χ1) is 6.65. The van der Waals surface area contributed by atoms with Crippen LogP contribution >= 0.6 is 0 Å². The summed E-state index contributed by atoms with van der Waals surface area (Å²) in [6.45, 7) is 2.40. The summed E-state index contributed by atoms with van der Waals surface area (Å²) in [6, 6.07) is 9.07. The van der Waals surface area contributed by atoms with Gasteiger partial charge in [-0.05, 0) is 5.56 Å². The van der Waals surface area contributed by atoms with Crippen molar-refractivity contribution in [1.29, 1.82) is 0 Å². The number of rotatable bonds is 1. The van der Waals surface area contributed by atoms with Crippen LogP contribution in [0.1, 0.15) is 12.5 Å². The van der Waals surface area contributed by atoms with Gasteiger partial charge in [-0.3, -0.25) is 4.79 Å². The standard InChI is InChI=1S/C11H13NO2/c1-8-7-12-10(13)11(8,14)9-5-3-2-4-6-9/h2-6,8,14H,7H2,1H3,(H,12,13)/t8-,11+/m1/s1. The molecule has 14 heavy (non-hydrogen) atoms. The van der Waals surface area contributed by atoms with Crippen LogP contribution in [0.5, 0.6) is 0 Å². The third-order valence-electron chi connectivity index (χ3n) is 2.84. The molecule has 1 aliphatic heterocycles. The van der Waals surface area contributed by atoms with Crippen molar-refractivity contribution in [3.8, 4) is 0 Å². The normalized spacial score (nSPS) is 31.6. The molecule has 1 amide bonds. The lowest BCUT2D eigenvalue weighted by atomic mass is 9.85. The highest BCUT2D eigenvalue weighted by atomic mass is 16.3. The van der Waals surface area contributed by atoms with Crippen molar-refractivity contribution in [2.75, 3.05) is 6.54 Å². The van der Waals surface area contributed by atoms with E-state index in [0.29, 0.717) is 12.1 Å². The zero-order chi connectivity index (χ0) is 10.2. The Labute approximate surface area is 82.8 Å². The Balaban J connectivity index is 2.46. The minimum Gasteiger partial charge on any atom is -0.375 e. The number of nitrogens with one attached hydrogen (secondary N) is 1. The van der Waals surface area contributed by atoms with Gasteiger partial charge in [0.25, 0.3) is 5.91 Å². The van der Waals surface area contributed by atoms with Gasteiger partial charge in [0.1, 0.15) is 0 Å². The molecular formula is C11H13NO2. The van der Waals surface area contributed by atoms with E-state index >= 15 is 0 Å². The SMILES string of the molecule is C[C@@H]1CNC(=O)[C@@]1(O)c1ccccc1. The molecule has 0 aromatic heterocycles. The molecular weight excluding hydrogens is 178 g/mol. The molecule has 1 heterocycles. The highest BCUT2D eigenvalue weighted by Crippen LogP contribution is 2.33. The molecule has 74 valence electrons. The number of hydrogen-bond acceptors (Lipinski definition) is 2. The van der Waals surface area contributed by atoms with Crippen molar-refractivity contribution >= 4 is 5.91 Å². The van der Waals surface area contributed by atoms with Crippen molar-refractivity contribution in [3.05, 3.63) is 35.9 Å². The van der Waals surface area contributed by atoms with Crippen molar-refractivity contribution in [1.82, 2.24) is 5.32 Å². The van der Waals surface area contributed by atoms with Gasteiger partial charge in [0, 0.05) is 12.5 Å². The van der Waals surface area contributed by atoms with E-state index in [1.165, 1.54) is 0 Å². The second-order valence-electron chi connectivity index (χ2n) is 3.74. The van der Waals surface area contributed by atoms with Crippen LogP contribution in [0, 0.1) is 5.92 Å². The van der Waals surface area contributed by atoms with E-state index in [4.69, 9.17) is 0 Å². The maximum Gasteiger partial charge on any atom is 0.256 e. The average molecular weight is 191 g/mol. The molecule has 2 rings (SSSR count).